The summed E-state index contributed by atoms with van der Waals surface area (Å²) < 4.78 is 4.98. The van der Waals surface area contributed by atoms with Gasteiger partial charge in [-0.05, 0) is 50.4 Å². The van der Waals surface area contributed by atoms with Crippen molar-refractivity contribution >= 4 is 11.9 Å². The van der Waals surface area contributed by atoms with Gasteiger partial charge in [-0.25, -0.2) is 4.79 Å². The quantitative estimate of drug-likeness (QED) is 0.774. The van der Waals surface area contributed by atoms with Crippen LogP contribution in [-0.2, 0) is 14.3 Å². The van der Waals surface area contributed by atoms with Crippen LogP contribution in [0.15, 0.2) is 0 Å². The Hall–Kier alpha value is -1.10. The van der Waals surface area contributed by atoms with E-state index in [9.17, 15) is 9.59 Å². The van der Waals surface area contributed by atoms with Gasteiger partial charge in [-0.1, -0.05) is 32.1 Å². The van der Waals surface area contributed by atoms with Crippen molar-refractivity contribution in [3.8, 4) is 0 Å². The molecule has 3 aliphatic rings. The highest BCUT2D eigenvalue weighted by atomic mass is 16.5. The summed E-state index contributed by atoms with van der Waals surface area (Å²) in [4.78, 5) is 27.1. The van der Waals surface area contributed by atoms with Gasteiger partial charge < -0.3 is 15.4 Å². The second kappa shape index (κ2) is 8.52. The van der Waals surface area contributed by atoms with Crippen LogP contribution >= 0.6 is 0 Å². The number of hydrogen-bond acceptors (Lipinski definition) is 4. The van der Waals surface area contributed by atoms with Crippen LogP contribution in [0.3, 0.4) is 0 Å². The van der Waals surface area contributed by atoms with Crippen LogP contribution in [0.5, 0.6) is 0 Å². The molecule has 2 saturated carbocycles. The number of methoxy groups -OCH3 is 1. The van der Waals surface area contributed by atoms with E-state index in [1.54, 1.807) is 0 Å². The summed E-state index contributed by atoms with van der Waals surface area (Å²) in [5.74, 6) is 0.892. The molecular formula is C20H34N2O3. The van der Waals surface area contributed by atoms with Crippen LogP contribution in [0.1, 0.15) is 77.0 Å². The molecule has 1 amide bonds. The van der Waals surface area contributed by atoms with Gasteiger partial charge in [0, 0.05) is 18.5 Å². The molecule has 5 nitrogen and oxygen atoms in total. The number of nitrogens with two attached hydrogens (primary N) is 1. The van der Waals surface area contributed by atoms with E-state index < -0.39 is 0 Å². The fourth-order valence-corrected chi connectivity index (χ4v) is 5.38. The number of carbonyl (C=O) groups excluding carboxylic acids is 2. The lowest BCUT2D eigenvalue weighted by Gasteiger charge is -2.34. The first-order chi connectivity index (χ1) is 12.1. The predicted octanol–water partition coefficient (Wildman–Crippen LogP) is 3.01. The fourth-order valence-electron chi connectivity index (χ4n) is 5.38. The molecule has 25 heavy (non-hydrogen) atoms. The number of carbonyl (C=O) groups is 2. The van der Waals surface area contributed by atoms with Crippen molar-refractivity contribution < 1.29 is 14.3 Å². The van der Waals surface area contributed by atoms with E-state index in [2.05, 4.69) is 0 Å². The van der Waals surface area contributed by atoms with E-state index in [-0.39, 0.29) is 30.0 Å². The lowest BCUT2D eigenvalue weighted by molar-refractivity contribution is -0.152. The molecule has 3 fully saturated rings. The molecule has 1 heterocycles. The molecule has 3 rings (SSSR count). The van der Waals surface area contributed by atoms with Gasteiger partial charge in [-0.3, -0.25) is 4.79 Å². The number of esters is 1. The van der Waals surface area contributed by atoms with Crippen molar-refractivity contribution in [3.63, 3.8) is 0 Å². The maximum Gasteiger partial charge on any atom is 0.328 e. The molecule has 4 atom stereocenters. The minimum absolute atomic E-state index is 0.107. The van der Waals surface area contributed by atoms with Gasteiger partial charge in [0.1, 0.15) is 6.04 Å². The standard InChI is InChI=1S/C20H34N2O3/c1-25-20(24)18-13-15-9-5-6-10-17(15)22(18)19(23)12-11-16(21)14-7-3-2-4-8-14/h14-18H,2-13,21H2,1H3/t15?,16?,17?,18-/m0/s1. The smallest absolute Gasteiger partial charge is 0.328 e. The summed E-state index contributed by atoms with van der Waals surface area (Å²) in [5.41, 5.74) is 6.39. The van der Waals surface area contributed by atoms with Gasteiger partial charge in [0.05, 0.1) is 7.11 Å². The third kappa shape index (κ3) is 4.18. The normalized spacial score (nSPS) is 31.4. The molecule has 2 N–H and O–H groups in total. The molecule has 2 aliphatic carbocycles. The average Bonchev–Trinajstić information content (AvgIpc) is 3.05. The second-order valence-electron chi connectivity index (χ2n) is 8.29. The monoisotopic (exact) mass is 350 g/mol. The molecule has 142 valence electrons. The zero-order chi connectivity index (χ0) is 17.8. The third-order valence-electron chi connectivity index (χ3n) is 6.80. The Balaban J connectivity index is 1.60. The Morgan fingerprint density at radius 2 is 1.76 bits per heavy atom. The molecule has 3 unspecified atom stereocenters. The number of fused-ring (bicyclic) bond motifs is 1. The number of rotatable bonds is 5. The molecule has 0 radical (unpaired) electrons. The first-order valence-electron chi connectivity index (χ1n) is 10.3. The van der Waals surface area contributed by atoms with E-state index in [0.29, 0.717) is 18.3 Å². The highest BCUT2D eigenvalue weighted by molar-refractivity contribution is 5.85. The molecule has 1 saturated heterocycles. The van der Waals surface area contributed by atoms with Gasteiger partial charge in [0.25, 0.3) is 0 Å². The molecule has 0 aromatic rings. The summed E-state index contributed by atoms with van der Waals surface area (Å²) in [6.07, 6.45) is 12.8. The van der Waals surface area contributed by atoms with E-state index in [0.717, 1.165) is 32.1 Å². The van der Waals surface area contributed by atoms with E-state index in [4.69, 9.17) is 10.5 Å². The number of ether oxygens (including phenoxy) is 1. The number of nitrogens with zero attached hydrogens (tertiary/aromatic N) is 1. The minimum Gasteiger partial charge on any atom is -0.467 e. The van der Waals surface area contributed by atoms with E-state index >= 15 is 0 Å². The van der Waals surface area contributed by atoms with Crippen molar-refractivity contribution in [3.05, 3.63) is 0 Å². The van der Waals surface area contributed by atoms with Crippen LogP contribution in [0.2, 0.25) is 0 Å². The zero-order valence-electron chi connectivity index (χ0n) is 15.6. The molecule has 0 bridgehead atoms. The maximum atomic E-state index is 13.0. The van der Waals surface area contributed by atoms with Crippen molar-refractivity contribution in [1.82, 2.24) is 4.90 Å². The summed E-state index contributed by atoms with van der Waals surface area (Å²) in [7, 11) is 1.42. The Morgan fingerprint density at radius 1 is 1.08 bits per heavy atom. The van der Waals surface area contributed by atoms with Crippen LogP contribution in [0, 0.1) is 11.8 Å². The SMILES string of the molecule is COC(=O)[C@@H]1CC2CCCCC2N1C(=O)CCC(N)C1CCCCC1. The van der Waals surface area contributed by atoms with Crippen LogP contribution in [-0.4, -0.2) is 42.0 Å². The minimum atomic E-state index is -0.378. The largest absolute Gasteiger partial charge is 0.467 e. The first-order valence-corrected chi connectivity index (χ1v) is 10.3. The summed E-state index contributed by atoms with van der Waals surface area (Å²) in [6, 6.07) is -0.0293. The second-order valence-corrected chi connectivity index (χ2v) is 8.29. The lowest BCUT2D eigenvalue weighted by atomic mass is 9.82. The number of hydrogen-bond donors (Lipinski definition) is 1. The third-order valence-corrected chi connectivity index (χ3v) is 6.80. The summed E-state index contributed by atoms with van der Waals surface area (Å²) in [6.45, 7) is 0. The molecule has 1 aliphatic heterocycles. The van der Waals surface area contributed by atoms with Crippen molar-refractivity contribution in [2.75, 3.05) is 7.11 Å². The van der Waals surface area contributed by atoms with Crippen molar-refractivity contribution in [1.29, 1.82) is 0 Å². The average molecular weight is 351 g/mol. The van der Waals surface area contributed by atoms with Crippen LogP contribution in [0.4, 0.5) is 0 Å². The molecule has 0 aromatic carbocycles. The van der Waals surface area contributed by atoms with Crippen LogP contribution in [0.25, 0.3) is 0 Å². The molecule has 5 heteroatoms. The molecular weight excluding hydrogens is 316 g/mol. The van der Waals surface area contributed by atoms with Gasteiger partial charge in [-0.2, -0.15) is 0 Å². The molecule has 0 spiro atoms. The van der Waals surface area contributed by atoms with Gasteiger partial charge >= 0.3 is 5.97 Å². The Bertz CT molecular complexity index is 476. The Morgan fingerprint density at radius 3 is 2.48 bits per heavy atom. The predicted molar refractivity (Wildman–Crippen MR) is 96.8 cm³/mol. The maximum absolute atomic E-state index is 13.0. The van der Waals surface area contributed by atoms with E-state index in [1.807, 2.05) is 4.90 Å². The summed E-state index contributed by atoms with van der Waals surface area (Å²) >= 11 is 0. The number of amides is 1. The lowest BCUT2D eigenvalue weighted by Crippen LogP contribution is -2.47. The van der Waals surface area contributed by atoms with E-state index in [1.165, 1.54) is 45.6 Å². The van der Waals surface area contributed by atoms with Crippen molar-refractivity contribution in [2.45, 2.75) is 95.2 Å². The number of likely N-dealkylation sites (tertiary alicyclic amines) is 1. The fraction of sp³-hybridized carbons (Fsp3) is 0.900. The topological polar surface area (TPSA) is 72.6 Å². The first kappa shape index (κ1) is 18.7. The van der Waals surface area contributed by atoms with Crippen LogP contribution < -0.4 is 5.73 Å². The van der Waals surface area contributed by atoms with Gasteiger partial charge in [0.2, 0.25) is 5.91 Å². The highest BCUT2D eigenvalue weighted by Crippen LogP contribution is 2.40. The van der Waals surface area contributed by atoms with Crippen molar-refractivity contribution in [2.24, 2.45) is 17.6 Å². The molecule has 0 aromatic heterocycles. The Kier molecular flexibility index (Phi) is 6.37. The summed E-state index contributed by atoms with van der Waals surface area (Å²) in [5, 5.41) is 0. The highest BCUT2D eigenvalue weighted by Gasteiger charge is 2.47. The van der Waals surface area contributed by atoms with Gasteiger partial charge in [0.15, 0.2) is 0 Å². The van der Waals surface area contributed by atoms with Gasteiger partial charge in [-0.15, -0.1) is 0 Å². The zero-order valence-corrected chi connectivity index (χ0v) is 15.6. The Labute approximate surface area is 151 Å².